The molecule has 1 heterocycles. The maximum atomic E-state index is 9.79. The Bertz CT molecular complexity index is 1410. The lowest BCUT2D eigenvalue weighted by atomic mass is 9.93. The van der Waals surface area contributed by atoms with E-state index in [1.165, 1.54) is 15.8 Å². The first kappa shape index (κ1) is 22.0. The zero-order valence-corrected chi connectivity index (χ0v) is 19.6. The fourth-order valence-electron chi connectivity index (χ4n) is 4.42. The Hall–Kier alpha value is -3.78. The summed E-state index contributed by atoms with van der Waals surface area (Å²) in [4.78, 5) is 5.55. The number of aryl methyl sites for hydroxylation is 1. The maximum absolute atomic E-state index is 9.79. The maximum Gasteiger partial charge on any atom is 0.0998 e. The summed E-state index contributed by atoms with van der Waals surface area (Å²) in [5.74, 6) is 0. The van der Waals surface area contributed by atoms with Crippen LogP contribution in [0.2, 0.25) is 0 Å². The summed E-state index contributed by atoms with van der Waals surface area (Å²) in [6.45, 7) is 0.723. The third-order valence-electron chi connectivity index (χ3n) is 6.20. The van der Waals surface area contributed by atoms with Gasteiger partial charge in [0.05, 0.1) is 17.1 Å². The minimum absolute atomic E-state index is 0.226. The Morgan fingerprint density at radius 3 is 2.50 bits per heavy atom. The first-order valence-corrected chi connectivity index (χ1v) is 12.4. The van der Waals surface area contributed by atoms with Crippen molar-refractivity contribution in [1.82, 2.24) is 10.3 Å². The summed E-state index contributed by atoms with van der Waals surface area (Å²) in [6.07, 6.45) is 3.97. The molecule has 4 aromatic carbocycles. The van der Waals surface area contributed by atoms with E-state index in [9.17, 15) is 5.26 Å². The minimum atomic E-state index is 0.226. The van der Waals surface area contributed by atoms with E-state index in [1.807, 2.05) is 23.8 Å². The fraction of sp³-hybridized carbons (Fsp3) is 0.133. The Balaban J connectivity index is 1.40. The van der Waals surface area contributed by atoms with E-state index < -0.39 is 0 Å². The molecule has 0 bridgehead atoms. The smallest absolute Gasteiger partial charge is 0.0998 e. The predicted molar refractivity (Wildman–Crippen MR) is 141 cm³/mol. The van der Waals surface area contributed by atoms with E-state index in [0.717, 1.165) is 41.5 Å². The zero-order chi connectivity index (χ0) is 23.2. The number of hydrogen-bond acceptors (Lipinski definition) is 4. The van der Waals surface area contributed by atoms with Gasteiger partial charge < -0.3 is 5.32 Å². The van der Waals surface area contributed by atoms with Gasteiger partial charge in [-0.2, -0.15) is 5.26 Å². The summed E-state index contributed by atoms with van der Waals surface area (Å²) < 4.78 is 0. The van der Waals surface area contributed by atoms with E-state index in [0.29, 0.717) is 5.56 Å². The first-order valence-electron chi connectivity index (χ1n) is 11.5. The lowest BCUT2D eigenvalue weighted by Gasteiger charge is -2.18. The molecule has 3 nitrogen and oxygen atoms in total. The van der Waals surface area contributed by atoms with Gasteiger partial charge in [0.1, 0.15) is 0 Å². The van der Waals surface area contributed by atoms with E-state index in [2.05, 4.69) is 95.2 Å². The lowest BCUT2D eigenvalue weighted by Crippen LogP contribution is -2.21. The van der Waals surface area contributed by atoms with E-state index in [-0.39, 0.29) is 6.04 Å². The number of nitrogens with zero attached hydrogens (tertiary/aromatic N) is 2. The second-order valence-corrected chi connectivity index (χ2v) is 9.30. The molecule has 1 atom stereocenters. The number of benzene rings is 4. The molecule has 0 aliphatic heterocycles. The van der Waals surface area contributed by atoms with Gasteiger partial charge in [-0.3, -0.25) is 4.98 Å². The van der Waals surface area contributed by atoms with E-state index in [4.69, 9.17) is 0 Å². The molecule has 0 amide bonds. The van der Waals surface area contributed by atoms with Gasteiger partial charge in [0.25, 0.3) is 0 Å². The van der Waals surface area contributed by atoms with Crippen molar-refractivity contribution in [2.24, 2.45) is 0 Å². The average molecular weight is 460 g/mol. The van der Waals surface area contributed by atoms with Crippen molar-refractivity contribution in [1.29, 1.82) is 5.26 Å². The highest BCUT2D eigenvalue weighted by Gasteiger charge is 2.15. The van der Waals surface area contributed by atoms with Crippen molar-refractivity contribution < 1.29 is 0 Å². The topological polar surface area (TPSA) is 48.7 Å². The van der Waals surface area contributed by atoms with Gasteiger partial charge in [0.15, 0.2) is 0 Å². The van der Waals surface area contributed by atoms with Gasteiger partial charge in [-0.25, -0.2) is 0 Å². The highest BCUT2D eigenvalue weighted by atomic mass is 32.1. The molecule has 0 radical (unpaired) electrons. The molecule has 0 spiro atoms. The van der Waals surface area contributed by atoms with Crippen LogP contribution in [0.5, 0.6) is 0 Å². The third kappa shape index (κ3) is 4.92. The zero-order valence-electron chi connectivity index (χ0n) is 18.8. The molecule has 0 aliphatic rings. The van der Waals surface area contributed by atoms with Crippen LogP contribution in [0.3, 0.4) is 0 Å². The number of rotatable bonds is 8. The van der Waals surface area contributed by atoms with Crippen LogP contribution < -0.4 is 5.32 Å². The van der Waals surface area contributed by atoms with E-state index in [1.54, 1.807) is 11.3 Å². The van der Waals surface area contributed by atoms with Gasteiger partial charge in [0.2, 0.25) is 0 Å². The Labute approximate surface area is 204 Å². The van der Waals surface area contributed by atoms with Crippen molar-refractivity contribution in [2.75, 3.05) is 0 Å². The fourth-order valence-corrected chi connectivity index (χ4v) is 5.15. The quantitative estimate of drug-likeness (QED) is 0.265. The third-order valence-corrected chi connectivity index (χ3v) is 7.09. The largest absolute Gasteiger partial charge is 0.305 e. The molecule has 166 valence electrons. The van der Waals surface area contributed by atoms with Gasteiger partial charge >= 0.3 is 0 Å². The molecule has 1 unspecified atom stereocenters. The highest BCUT2D eigenvalue weighted by Crippen LogP contribution is 2.32. The van der Waals surface area contributed by atoms with Crippen LogP contribution in [0, 0.1) is 11.3 Å². The molecule has 5 rings (SSSR count). The monoisotopic (exact) mass is 459 g/mol. The summed E-state index contributed by atoms with van der Waals surface area (Å²) in [7, 11) is 0. The normalized spacial score (nSPS) is 11.9. The summed E-state index contributed by atoms with van der Waals surface area (Å²) in [5, 5.41) is 15.9. The summed E-state index contributed by atoms with van der Waals surface area (Å²) in [5.41, 5.74) is 7.18. The van der Waals surface area contributed by atoms with Crippen LogP contribution in [0.25, 0.3) is 21.9 Å². The van der Waals surface area contributed by atoms with Crippen LogP contribution >= 0.6 is 11.3 Å². The predicted octanol–water partition coefficient (Wildman–Crippen LogP) is 7.30. The molecule has 5 aromatic rings. The van der Waals surface area contributed by atoms with Crippen LogP contribution in [0.15, 0.2) is 103 Å². The molecule has 0 saturated heterocycles. The number of thiazole rings is 1. The Morgan fingerprint density at radius 1 is 0.853 bits per heavy atom. The van der Waals surface area contributed by atoms with Gasteiger partial charge in [-0.1, -0.05) is 78.9 Å². The number of aromatic nitrogens is 1. The van der Waals surface area contributed by atoms with Crippen molar-refractivity contribution >= 4 is 22.1 Å². The van der Waals surface area contributed by atoms with Crippen LogP contribution in [-0.4, -0.2) is 4.98 Å². The van der Waals surface area contributed by atoms with Crippen molar-refractivity contribution in [3.63, 3.8) is 0 Å². The number of nitriles is 1. The highest BCUT2D eigenvalue weighted by molar-refractivity contribution is 7.09. The van der Waals surface area contributed by atoms with Gasteiger partial charge in [-0.15, -0.1) is 11.3 Å². The van der Waals surface area contributed by atoms with Crippen LogP contribution in [0.4, 0.5) is 0 Å². The molecule has 0 saturated carbocycles. The molecule has 1 aromatic heterocycles. The Morgan fingerprint density at radius 2 is 1.68 bits per heavy atom. The minimum Gasteiger partial charge on any atom is -0.305 e. The molecule has 0 fully saturated rings. The van der Waals surface area contributed by atoms with Crippen molar-refractivity contribution in [3.8, 4) is 17.2 Å². The van der Waals surface area contributed by atoms with Gasteiger partial charge in [-0.05, 0) is 52.4 Å². The van der Waals surface area contributed by atoms with Crippen molar-refractivity contribution in [2.45, 2.75) is 25.4 Å². The average Bonchev–Trinajstić information content (AvgIpc) is 3.44. The molecular weight excluding hydrogens is 434 g/mol. The van der Waals surface area contributed by atoms with Crippen LogP contribution in [0.1, 0.15) is 34.0 Å². The number of fused-ring (bicyclic) bond motifs is 1. The van der Waals surface area contributed by atoms with E-state index >= 15 is 0 Å². The second kappa shape index (κ2) is 10.4. The molecular formula is C30H25N3S. The summed E-state index contributed by atoms with van der Waals surface area (Å²) >= 11 is 1.69. The molecule has 0 aliphatic carbocycles. The standard InChI is InChI=1S/C30H25N3S/c31-18-25-15-13-23(17-28(25)27-12-6-10-24-9-4-5-11-26(24)27)19-33-29(30-20-32-21-34-30)16-14-22-7-2-1-3-8-22/h1-13,15,17,20-21,29,33H,14,16,19H2. The first-order chi connectivity index (χ1) is 16.8. The second-order valence-electron chi connectivity index (χ2n) is 8.38. The molecule has 4 heteroatoms. The van der Waals surface area contributed by atoms with Crippen molar-refractivity contribution in [3.05, 3.63) is 124 Å². The molecule has 1 N–H and O–H groups in total. The summed E-state index contributed by atoms with van der Waals surface area (Å²) in [6, 6.07) is 34.0. The number of hydrogen-bond donors (Lipinski definition) is 1. The Kier molecular flexibility index (Phi) is 6.76. The number of nitrogens with one attached hydrogen (secondary N) is 1. The lowest BCUT2D eigenvalue weighted by molar-refractivity contribution is 0.505. The van der Waals surface area contributed by atoms with Crippen LogP contribution in [-0.2, 0) is 13.0 Å². The molecule has 34 heavy (non-hydrogen) atoms. The van der Waals surface area contributed by atoms with Gasteiger partial charge in [0, 0.05) is 29.2 Å². The SMILES string of the molecule is N#Cc1ccc(CNC(CCc2ccccc2)c2cncs2)cc1-c1cccc2ccccc12.